The van der Waals surface area contributed by atoms with Gasteiger partial charge in [0.1, 0.15) is 5.82 Å². The minimum Gasteiger partial charge on any atom is -0.370 e. The lowest BCUT2D eigenvalue weighted by atomic mass is 10.2. The van der Waals surface area contributed by atoms with Gasteiger partial charge in [-0.3, -0.25) is 10.1 Å². The number of carbonyl (C=O) groups is 1. The summed E-state index contributed by atoms with van der Waals surface area (Å²) in [4.78, 5) is 23.9. The molecule has 0 unspecified atom stereocenters. The minimum atomic E-state index is -0.277. The Morgan fingerprint density at radius 1 is 1.21 bits per heavy atom. The van der Waals surface area contributed by atoms with E-state index >= 15 is 0 Å². The minimum absolute atomic E-state index is 0.277. The second-order valence-corrected chi connectivity index (χ2v) is 3.89. The van der Waals surface area contributed by atoms with E-state index in [-0.39, 0.29) is 11.9 Å². The molecule has 2 aromatic rings. The van der Waals surface area contributed by atoms with Gasteiger partial charge in [-0.15, -0.1) is 0 Å². The third-order valence-electron chi connectivity index (χ3n) is 2.37. The molecule has 0 aliphatic rings. The largest absolute Gasteiger partial charge is 0.370 e. The molecule has 0 spiro atoms. The summed E-state index contributed by atoms with van der Waals surface area (Å²) in [6, 6.07) is 5.17. The Bertz CT molecular complexity index is 526. The van der Waals surface area contributed by atoms with E-state index < -0.39 is 0 Å². The Morgan fingerprint density at radius 2 is 2.00 bits per heavy atom. The van der Waals surface area contributed by atoms with Crippen LogP contribution < -0.4 is 10.6 Å². The molecule has 0 aliphatic heterocycles. The number of amides is 1. The van der Waals surface area contributed by atoms with Gasteiger partial charge in [-0.2, -0.15) is 0 Å². The topological polar surface area (TPSA) is 79.8 Å². The van der Waals surface area contributed by atoms with Crippen molar-refractivity contribution in [1.29, 1.82) is 0 Å². The standard InChI is InChI=1S/C13H15N5O/c1-2-6-14-11-5-4-10(9-17-11)12(19)18-13-15-7-3-8-16-13/h3-5,7-9H,2,6H2,1H3,(H,14,17)(H,15,16,18,19). The van der Waals surface area contributed by atoms with Crippen molar-refractivity contribution in [2.24, 2.45) is 0 Å². The van der Waals surface area contributed by atoms with Crippen LogP contribution in [0.4, 0.5) is 11.8 Å². The Hall–Kier alpha value is -2.50. The van der Waals surface area contributed by atoms with Crippen LogP contribution in [0.15, 0.2) is 36.8 Å². The Morgan fingerprint density at radius 3 is 2.63 bits per heavy atom. The summed E-state index contributed by atoms with van der Waals surface area (Å²) in [5, 5.41) is 5.74. The maximum atomic E-state index is 11.9. The normalized spacial score (nSPS) is 9.95. The fraction of sp³-hybridized carbons (Fsp3) is 0.231. The molecule has 2 heterocycles. The zero-order valence-electron chi connectivity index (χ0n) is 10.6. The number of carbonyl (C=O) groups excluding carboxylic acids is 1. The maximum Gasteiger partial charge on any atom is 0.259 e. The van der Waals surface area contributed by atoms with Crippen molar-refractivity contribution >= 4 is 17.7 Å². The summed E-state index contributed by atoms with van der Waals surface area (Å²) in [5.74, 6) is 0.760. The quantitative estimate of drug-likeness (QED) is 0.855. The second-order valence-electron chi connectivity index (χ2n) is 3.89. The van der Waals surface area contributed by atoms with Crippen molar-refractivity contribution in [2.75, 3.05) is 17.2 Å². The Labute approximate surface area is 111 Å². The van der Waals surface area contributed by atoms with Crippen LogP contribution >= 0.6 is 0 Å². The number of aromatic nitrogens is 3. The number of rotatable bonds is 5. The van der Waals surface area contributed by atoms with Crippen molar-refractivity contribution in [3.8, 4) is 0 Å². The molecule has 98 valence electrons. The number of hydrogen-bond acceptors (Lipinski definition) is 5. The first-order valence-electron chi connectivity index (χ1n) is 6.08. The summed E-state index contributed by atoms with van der Waals surface area (Å²) in [6.07, 6.45) is 5.68. The molecule has 2 N–H and O–H groups in total. The van der Waals surface area contributed by atoms with Crippen molar-refractivity contribution in [3.63, 3.8) is 0 Å². The van der Waals surface area contributed by atoms with E-state index in [2.05, 4.69) is 32.5 Å². The van der Waals surface area contributed by atoms with Crippen LogP contribution in [0, 0.1) is 0 Å². The first-order valence-corrected chi connectivity index (χ1v) is 6.08. The molecule has 0 saturated heterocycles. The highest BCUT2D eigenvalue weighted by molar-refractivity contribution is 6.03. The third kappa shape index (κ3) is 3.74. The predicted octanol–water partition coefficient (Wildman–Crippen LogP) is 1.95. The molecule has 2 aromatic heterocycles. The summed E-state index contributed by atoms with van der Waals surface area (Å²) < 4.78 is 0. The van der Waals surface area contributed by atoms with Gasteiger partial charge >= 0.3 is 0 Å². The van der Waals surface area contributed by atoms with Crippen LogP contribution in [0.25, 0.3) is 0 Å². The fourth-order valence-corrected chi connectivity index (χ4v) is 1.42. The number of pyridine rings is 1. The molecule has 0 atom stereocenters. The van der Waals surface area contributed by atoms with Gasteiger partial charge in [0.05, 0.1) is 5.56 Å². The van der Waals surface area contributed by atoms with Crippen LogP contribution in [0.1, 0.15) is 23.7 Å². The first-order chi connectivity index (χ1) is 9.29. The number of nitrogens with zero attached hydrogens (tertiary/aromatic N) is 3. The van der Waals surface area contributed by atoms with Gasteiger partial charge in [0.2, 0.25) is 5.95 Å². The SMILES string of the molecule is CCCNc1ccc(C(=O)Nc2ncccn2)cn1. The Balaban J connectivity index is 1.99. The van der Waals surface area contributed by atoms with Gasteiger partial charge in [0.15, 0.2) is 0 Å². The second kappa shape index (κ2) is 6.44. The average Bonchev–Trinajstić information content (AvgIpc) is 2.46. The molecule has 6 nitrogen and oxygen atoms in total. The molecule has 0 saturated carbocycles. The fourth-order valence-electron chi connectivity index (χ4n) is 1.42. The zero-order valence-corrected chi connectivity index (χ0v) is 10.6. The van der Waals surface area contributed by atoms with E-state index in [9.17, 15) is 4.79 Å². The van der Waals surface area contributed by atoms with Crippen LogP contribution in [0.2, 0.25) is 0 Å². The van der Waals surface area contributed by atoms with E-state index in [1.807, 2.05) is 0 Å². The van der Waals surface area contributed by atoms with Crippen molar-refractivity contribution in [1.82, 2.24) is 15.0 Å². The lowest BCUT2D eigenvalue weighted by Gasteiger charge is -2.05. The smallest absolute Gasteiger partial charge is 0.259 e. The van der Waals surface area contributed by atoms with Gasteiger partial charge in [-0.05, 0) is 24.6 Å². The van der Waals surface area contributed by atoms with Crippen LogP contribution in [-0.4, -0.2) is 27.4 Å². The lowest BCUT2D eigenvalue weighted by Crippen LogP contribution is -2.14. The van der Waals surface area contributed by atoms with E-state index in [1.165, 1.54) is 6.20 Å². The first kappa shape index (κ1) is 12.9. The highest BCUT2D eigenvalue weighted by Gasteiger charge is 2.07. The van der Waals surface area contributed by atoms with Gasteiger partial charge in [0, 0.05) is 25.1 Å². The van der Waals surface area contributed by atoms with E-state index in [0.29, 0.717) is 5.56 Å². The van der Waals surface area contributed by atoms with Crippen LogP contribution in [0.3, 0.4) is 0 Å². The molecule has 6 heteroatoms. The van der Waals surface area contributed by atoms with Crippen LogP contribution in [-0.2, 0) is 0 Å². The number of nitrogens with one attached hydrogen (secondary N) is 2. The highest BCUT2D eigenvalue weighted by atomic mass is 16.1. The molecule has 1 amide bonds. The summed E-state index contributed by atoms with van der Waals surface area (Å²) in [7, 11) is 0. The summed E-state index contributed by atoms with van der Waals surface area (Å²) in [5.41, 5.74) is 0.467. The highest BCUT2D eigenvalue weighted by Crippen LogP contribution is 2.07. The molecule has 19 heavy (non-hydrogen) atoms. The van der Waals surface area contributed by atoms with E-state index in [4.69, 9.17) is 0 Å². The van der Waals surface area contributed by atoms with E-state index in [0.717, 1.165) is 18.8 Å². The molecule has 0 bridgehead atoms. The molecule has 0 fully saturated rings. The zero-order chi connectivity index (χ0) is 13.5. The third-order valence-corrected chi connectivity index (χ3v) is 2.37. The number of anilines is 2. The van der Waals surface area contributed by atoms with Gasteiger partial charge < -0.3 is 5.32 Å². The molecule has 0 aliphatic carbocycles. The molecule has 2 rings (SSSR count). The number of hydrogen-bond donors (Lipinski definition) is 2. The molecular weight excluding hydrogens is 242 g/mol. The van der Waals surface area contributed by atoms with Gasteiger partial charge in [0.25, 0.3) is 5.91 Å². The van der Waals surface area contributed by atoms with Crippen molar-refractivity contribution < 1.29 is 4.79 Å². The summed E-state index contributed by atoms with van der Waals surface area (Å²) >= 11 is 0. The maximum absolute atomic E-state index is 11.9. The molecular formula is C13H15N5O. The Kier molecular flexibility index (Phi) is 4.39. The molecule has 0 aromatic carbocycles. The van der Waals surface area contributed by atoms with Gasteiger partial charge in [-0.25, -0.2) is 15.0 Å². The average molecular weight is 257 g/mol. The molecule has 0 radical (unpaired) electrons. The monoisotopic (exact) mass is 257 g/mol. The van der Waals surface area contributed by atoms with Gasteiger partial charge in [-0.1, -0.05) is 6.92 Å². The van der Waals surface area contributed by atoms with Crippen molar-refractivity contribution in [2.45, 2.75) is 13.3 Å². The van der Waals surface area contributed by atoms with Crippen LogP contribution in [0.5, 0.6) is 0 Å². The van der Waals surface area contributed by atoms with Crippen molar-refractivity contribution in [3.05, 3.63) is 42.4 Å². The summed E-state index contributed by atoms with van der Waals surface area (Å²) in [6.45, 7) is 2.94. The lowest BCUT2D eigenvalue weighted by molar-refractivity contribution is 0.102. The predicted molar refractivity (Wildman–Crippen MR) is 73.0 cm³/mol. The van der Waals surface area contributed by atoms with E-state index in [1.54, 1.807) is 30.6 Å².